The lowest BCUT2D eigenvalue weighted by molar-refractivity contribution is -0.137. The highest BCUT2D eigenvalue weighted by Gasteiger charge is 2.33. The molecule has 2 unspecified atom stereocenters. The molecule has 1 aromatic heterocycles. The minimum atomic E-state index is -4.55. The Labute approximate surface area is 205 Å². The first-order valence-electron chi connectivity index (χ1n) is 11.4. The molecule has 2 aliphatic rings. The lowest BCUT2D eigenvalue weighted by atomic mass is 10.1. The van der Waals surface area contributed by atoms with E-state index in [-0.39, 0.29) is 41.7 Å². The fraction of sp³-hybridized carbons (Fsp3) is 0.522. The minimum Gasteiger partial charge on any atom is -0.445 e. The molecule has 0 saturated carbocycles. The van der Waals surface area contributed by atoms with E-state index in [2.05, 4.69) is 10.4 Å². The van der Waals surface area contributed by atoms with Gasteiger partial charge in [0.1, 0.15) is 6.61 Å². The number of rotatable bonds is 3. The fourth-order valence-corrected chi connectivity index (χ4v) is 4.78. The summed E-state index contributed by atoms with van der Waals surface area (Å²) in [5, 5.41) is 7.69. The summed E-state index contributed by atoms with van der Waals surface area (Å²) in [4.78, 5) is 29.1. The lowest BCUT2D eigenvalue weighted by Crippen LogP contribution is -2.57. The number of alkyl halides is 3. The molecule has 190 valence electrons. The zero-order chi connectivity index (χ0) is 25.3. The van der Waals surface area contributed by atoms with E-state index >= 15 is 0 Å². The van der Waals surface area contributed by atoms with Gasteiger partial charge in [0, 0.05) is 43.3 Å². The molecule has 35 heavy (non-hydrogen) atoms. The topological polar surface area (TPSA) is 79.7 Å². The molecule has 1 aromatic carbocycles. The third kappa shape index (κ3) is 5.72. The van der Waals surface area contributed by atoms with Crippen molar-refractivity contribution in [1.29, 1.82) is 0 Å². The number of benzene rings is 1. The fourth-order valence-electron chi connectivity index (χ4n) is 4.52. The van der Waals surface area contributed by atoms with Crippen LogP contribution in [0.15, 0.2) is 24.3 Å². The number of nitrogens with one attached hydrogen (secondary N) is 1. The zero-order valence-electron chi connectivity index (χ0n) is 19.4. The number of aromatic nitrogens is 2. The number of amides is 2. The Hall–Kier alpha value is -2.79. The van der Waals surface area contributed by atoms with Crippen molar-refractivity contribution in [1.82, 2.24) is 24.9 Å². The van der Waals surface area contributed by atoms with Crippen LogP contribution in [0.25, 0.3) is 0 Å². The maximum absolute atomic E-state index is 13.2. The van der Waals surface area contributed by atoms with Crippen LogP contribution in [0, 0.1) is 0 Å². The number of aryl methyl sites for hydroxylation is 1. The van der Waals surface area contributed by atoms with Gasteiger partial charge in [-0.2, -0.15) is 18.3 Å². The van der Waals surface area contributed by atoms with Gasteiger partial charge in [-0.15, -0.1) is 0 Å². The first-order valence-corrected chi connectivity index (χ1v) is 11.8. The van der Waals surface area contributed by atoms with Gasteiger partial charge in [0.05, 0.1) is 17.8 Å². The summed E-state index contributed by atoms with van der Waals surface area (Å²) in [7, 11) is 0. The third-order valence-corrected chi connectivity index (χ3v) is 6.42. The second-order valence-electron chi connectivity index (χ2n) is 8.99. The predicted octanol–water partition coefficient (Wildman–Crippen LogP) is 3.92. The van der Waals surface area contributed by atoms with E-state index in [4.69, 9.17) is 16.3 Å². The van der Waals surface area contributed by atoms with Gasteiger partial charge < -0.3 is 19.9 Å². The van der Waals surface area contributed by atoms with Gasteiger partial charge in [-0.3, -0.25) is 9.48 Å². The summed E-state index contributed by atoms with van der Waals surface area (Å²) >= 11 is 5.80. The standard InChI is InChI=1S/C23H27ClF3N5O3/c1-14-10-28-11-15(2)32(14)21(33)20-9-19-12-30(4-3-5-31(19)29-20)22(34)35-13-16-6-17(23(25,26)27)8-18(24)7-16/h6-9,14-15,28H,3-5,10-13H2,1-2H3. The number of piperazine rings is 1. The van der Waals surface area contributed by atoms with Crippen LogP contribution in [0.5, 0.6) is 0 Å². The minimum absolute atomic E-state index is 0.0311. The summed E-state index contributed by atoms with van der Waals surface area (Å²) < 4.78 is 46.1. The number of ether oxygens (including phenoxy) is 1. The second kappa shape index (κ2) is 10.1. The van der Waals surface area contributed by atoms with Gasteiger partial charge >= 0.3 is 12.3 Å². The molecular formula is C23H27ClF3N5O3. The van der Waals surface area contributed by atoms with Crippen molar-refractivity contribution in [3.05, 3.63) is 51.8 Å². The number of carbonyl (C=O) groups excluding carboxylic acids is 2. The third-order valence-electron chi connectivity index (χ3n) is 6.20. The number of halogens is 4. The van der Waals surface area contributed by atoms with E-state index < -0.39 is 17.8 Å². The van der Waals surface area contributed by atoms with Crippen molar-refractivity contribution in [2.24, 2.45) is 0 Å². The van der Waals surface area contributed by atoms with Gasteiger partial charge in [0.15, 0.2) is 5.69 Å². The molecule has 4 rings (SSSR count). The zero-order valence-corrected chi connectivity index (χ0v) is 20.2. The molecule has 2 amide bonds. The van der Waals surface area contributed by atoms with Crippen LogP contribution >= 0.6 is 11.6 Å². The number of nitrogens with zero attached hydrogens (tertiary/aromatic N) is 4. The summed E-state index contributed by atoms with van der Waals surface area (Å²) in [5.74, 6) is -0.150. The van der Waals surface area contributed by atoms with Crippen LogP contribution in [0.1, 0.15) is 47.6 Å². The van der Waals surface area contributed by atoms with Crippen molar-refractivity contribution in [2.45, 2.75) is 58.2 Å². The number of carbonyl (C=O) groups is 2. The lowest BCUT2D eigenvalue weighted by Gasteiger charge is -2.39. The highest BCUT2D eigenvalue weighted by atomic mass is 35.5. The number of hydrogen-bond donors (Lipinski definition) is 1. The molecule has 12 heteroatoms. The van der Waals surface area contributed by atoms with Crippen molar-refractivity contribution >= 4 is 23.6 Å². The maximum atomic E-state index is 13.2. The van der Waals surface area contributed by atoms with E-state index in [1.165, 1.54) is 11.0 Å². The quantitative estimate of drug-likeness (QED) is 0.673. The summed E-state index contributed by atoms with van der Waals surface area (Å²) in [6.07, 6.45) is -4.62. The van der Waals surface area contributed by atoms with Crippen LogP contribution < -0.4 is 5.32 Å². The molecular weight excluding hydrogens is 487 g/mol. The second-order valence-corrected chi connectivity index (χ2v) is 9.42. The first-order chi connectivity index (χ1) is 16.5. The Balaban J connectivity index is 1.43. The molecule has 0 bridgehead atoms. The van der Waals surface area contributed by atoms with E-state index in [1.54, 1.807) is 10.7 Å². The number of fused-ring (bicyclic) bond motifs is 1. The van der Waals surface area contributed by atoms with Gasteiger partial charge in [-0.1, -0.05) is 11.6 Å². The smallest absolute Gasteiger partial charge is 0.416 e. The van der Waals surface area contributed by atoms with Crippen molar-refractivity contribution in [2.75, 3.05) is 19.6 Å². The van der Waals surface area contributed by atoms with Crippen LogP contribution in [-0.2, 0) is 30.6 Å². The van der Waals surface area contributed by atoms with E-state index in [0.29, 0.717) is 44.0 Å². The summed E-state index contributed by atoms with van der Waals surface area (Å²) in [6, 6.07) is 4.82. The van der Waals surface area contributed by atoms with Gasteiger partial charge in [-0.25, -0.2) is 4.79 Å². The SMILES string of the molecule is CC1CNCC(C)N1C(=O)c1cc2n(n1)CCCN(C(=O)OCc1cc(Cl)cc(C(F)(F)F)c1)C2. The maximum Gasteiger partial charge on any atom is 0.416 e. The molecule has 3 heterocycles. The van der Waals surface area contributed by atoms with Gasteiger partial charge in [0.2, 0.25) is 0 Å². The molecule has 8 nitrogen and oxygen atoms in total. The molecule has 2 aliphatic heterocycles. The molecule has 2 aromatic rings. The van der Waals surface area contributed by atoms with Crippen LogP contribution in [0.3, 0.4) is 0 Å². The molecule has 0 aliphatic carbocycles. The average Bonchev–Trinajstić information content (AvgIpc) is 3.07. The van der Waals surface area contributed by atoms with Crippen LogP contribution in [0.4, 0.5) is 18.0 Å². The predicted molar refractivity (Wildman–Crippen MR) is 122 cm³/mol. The van der Waals surface area contributed by atoms with E-state index in [0.717, 1.165) is 12.1 Å². The summed E-state index contributed by atoms with van der Waals surface area (Å²) in [6.45, 7) is 6.13. The van der Waals surface area contributed by atoms with Crippen LogP contribution in [0.2, 0.25) is 5.02 Å². The Morgan fingerprint density at radius 2 is 1.86 bits per heavy atom. The Bertz CT molecular complexity index is 1100. The van der Waals surface area contributed by atoms with E-state index in [9.17, 15) is 22.8 Å². The molecule has 2 atom stereocenters. The Morgan fingerprint density at radius 1 is 1.14 bits per heavy atom. The molecule has 1 saturated heterocycles. The normalized spacial score (nSPS) is 20.9. The van der Waals surface area contributed by atoms with E-state index in [1.807, 2.05) is 18.7 Å². The van der Waals surface area contributed by atoms with Crippen molar-refractivity contribution in [3.8, 4) is 0 Å². The average molecular weight is 514 g/mol. The van der Waals surface area contributed by atoms with Crippen molar-refractivity contribution in [3.63, 3.8) is 0 Å². The monoisotopic (exact) mass is 513 g/mol. The number of hydrogen-bond acceptors (Lipinski definition) is 5. The van der Waals surface area contributed by atoms with Crippen molar-refractivity contribution < 1.29 is 27.5 Å². The molecule has 1 N–H and O–H groups in total. The highest BCUT2D eigenvalue weighted by Crippen LogP contribution is 2.32. The largest absolute Gasteiger partial charge is 0.445 e. The molecule has 0 spiro atoms. The highest BCUT2D eigenvalue weighted by molar-refractivity contribution is 6.30. The van der Waals surface area contributed by atoms with Gasteiger partial charge in [-0.05, 0) is 50.1 Å². The summed E-state index contributed by atoms with van der Waals surface area (Å²) in [5.41, 5.74) is 0.264. The Kier molecular flexibility index (Phi) is 7.27. The molecule has 1 fully saturated rings. The Morgan fingerprint density at radius 3 is 2.54 bits per heavy atom. The first kappa shape index (κ1) is 25.3. The van der Waals surface area contributed by atoms with Crippen LogP contribution in [-0.4, -0.2) is 63.3 Å². The molecule has 0 radical (unpaired) electrons. The van der Waals surface area contributed by atoms with Gasteiger partial charge in [0.25, 0.3) is 5.91 Å².